The van der Waals surface area contributed by atoms with E-state index in [9.17, 15) is 18.0 Å². The number of hydrogen-bond donors (Lipinski definition) is 0. The lowest BCUT2D eigenvalue weighted by Gasteiger charge is -2.20. The molecule has 0 spiro atoms. The molecule has 0 saturated heterocycles. The van der Waals surface area contributed by atoms with Gasteiger partial charge in [-0.3, -0.25) is 4.79 Å². The number of rotatable bonds is 4. The third-order valence-corrected chi connectivity index (χ3v) is 4.14. The van der Waals surface area contributed by atoms with Crippen molar-refractivity contribution in [2.45, 2.75) is 26.2 Å². The van der Waals surface area contributed by atoms with Gasteiger partial charge < -0.3 is 4.90 Å². The number of carbonyl (C=O) groups is 1. The fraction of sp³-hybridized carbons (Fsp3) is 0.278. The predicted octanol–water partition coefficient (Wildman–Crippen LogP) is 3.74. The van der Waals surface area contributed by atoms with Crippen LogP contribution in [0.15, 0.2) is 42.5 Å². The Labute approximate surface area is 148 Å². The van der Waals surface area contributed by atoms with Gasteiger partial charge in [-0.05, 0) is 36.8 Å². The highest BCUT2D eigenvalue weighted by molar-refractivity contribution is 5.97. The lowest BCUT2D eigenvalue weighted by atomic mass is 10.1. The summed E-state index contributed by atoms with van der Waals surface area (Å²) in [7, 11) is 1.47. The number of benzene rings is 2. The van der Waals surface area contributed by atoms with Crippen molar-refractivity contribution >= 4 is 16.9 Å². The number of aryl methyl sites for hydroxylation is 1. The maximum absolute atomic E-state index is 13.1. The van der Waals surface area contributed by atoms with Gasteiger partial charge in [-0.25, -0.2) is 4.68 Å². The Hall–Kier alpha value is -2.90. The molecule has 0 aliphatic rings. The molecule has 1 aromatic heterocycles. The number of nitrogens with zero attached hydrogens (tertiary/aromatic N) is 4. The van der Waals surface area contributed by atoms with Gasteiger partial charge in [0.05, 0.1) is 11.1 Å². The summed E-state index contributed by atoms with van der Waals surface area (Å²) in [6, 6.07) is 10.2. The van der Waals surface area contributed by atoms with E-state index in [0.717, 1.165) is 11.6 Å². The smallest absolute Gasteiger partial charge is 0.337 e. The molecule has 0 bridgehead atoms. The SMILES string of the molecule is CCn1nnc2cc(C(=O)N(C)Cc3ccccc3C(F)(F)F)ccc21. The lowest BCUT2D eigenvalue weighted by molar-refractivity contribution is -0.138. The molecule has 0 aliphatic carbocycles. The van der Waals surface area contributed by atoms with Gasteiger partial charge in [0.1, 0.15) is 5.52 Å². The van der Waals surface area contributed by atoms with Crippen LogP contribution in [0.5, 0.6) is 0 Å². The predicted molar refractivity (Wildman–Crippen MR) is 90.4 cm³/mol. The highest BCUT2D eigenvalue weighted by atomic mass is 19.4. The normalized spacial score (nSPS) is 11.7. The Kier molecular flexibility index (Phi) is 4.67. The van der Waals surface area contributed by atoms with E-state index in [4.69, 9.17) is 0 Å². The molecule has 3 rings (SSSR count). The number of fused-ring (bicyclic) bond motifs is 1. The van der Waals surface area contributed by atoms with Crippen LogP contribution in [0.4, 0.5) is 13.2 Å². The van der Waals surface area contributed by atoms with Crippen LogP contribution in [0.25, 0.3) is 11.0 Å². The van der Waals surface area contributed by atoms with Gasteiger partial charge in [0.2, 0.25) is 0 Å². The molecule has 0 atom stereocenters. The molecule has 0 fully saturated rings. The van der Waals surface area contributed by atoms with Gasteiger partial charge >= 0.3 is 6.18 Å². The Morgan fingerprint density at radius 1 is 1.19 bits per heavy atom. The van der Waals surface area contributed by atoms with Gasteiger partial charge in [0.25, 0.3) is 5.91 Å². The summed E-state index contributed by atoms with van der Waals surface area (Å²) < 4.78 is 41.0. The molecule has 0 aliphatic heterocycles. The van der Waals surface area contributed by atoms with Crippen molar-refractivity contribution in [3.05, 3.63) is 59.2 Å². The van der Waals surface area contributed by atoms with Crippen molar-refractivity contribution in [1.29, 1.82) is 0 Å². The minimum atomic E-state index is -4.46. The zero-order valence-electron chi connectivity index (χ0n) is 14.3. The Bertz CT molecular complexity index is 949. The number of amides is 1. The van der Waals surface area contributed by atoms with Crippen LogP contribution >= 0.6 is 0 Å². The second-order valence-electron chi connectivity index (χ2n) is 5.92. The zero-order chi connectivity index (χ0) is 18.9. The maximum Gasteiger partial charge on any atom is 0.416 e. The summed E-state index contributed by atoms with van der Waals surface area (Å²) in [6.45, 7) is 2.44. The van der Waals surface area contributed by atoms with Crippen molar-refractivity contribution < 1.29 is 18.0 Å². The third kappa shape index (κ3) is 3.40. The molecule has 0 saturated carbocycles. The first kappa shape index (κ1) is 17.9. The minimum Gasteiger partial charge on any atom is -0.337 e. The largest absolute Gasteiger partial charge is 0.416 e. The average molecular weight is 362 g/mol. The molecule has 0 radical (unpaired) electrons. The molecule has 136 valence electrons. The van der Waals surface area contributed by atoms with Crippen LogP contribution in [0, 0.1) is 0 Å². The van der Waals surface area contributed by atoms with E-state index in [1.54, 1.807) is 22.9 Å². The van der Waals surface area contributed by atoms with Crippen LogP contribution in [0.3, 0.4) is 0 Å². The van der Waals surface area contributed by atoms with E-state index in [1.165, 1.54) is 30.1 Å². The van der Waals surface area contributed by atoms with Crippen LogP contribution in [-0.4, -0.2) is 32.8 Å². The van der Waals surface area contributed by atoms with E-state index in [2.05, 4.69) is 10.3 Å². The second kappa shape index (κ2) is 6.78. The Morgan fingerprint density at radius 2 is 1.92 bits per heavy atom. The molecule has 5 nitrogen and oxygen atoms in total. The van der Waals surface area contributed by atoms with Crippen molar-refractivity contribution in [2.24, 2.45) is 0 Å². The first-order chi connectivity index (χ1) is 12.3. The molecular weight excluding hydrogens is 345 g/mol. The highest BCUT2D eigenvalue weighted by Crippen LogP contribution is 2.32. The number of carbonyl (C=O) groups excluding carboxylic acids is 1. The maximum atomic E-state index is 13.1. The molecule has 2 aromatic carbocycles. The van der Waals surface area contributed by atoms with E-state index in [0.29, 0.717) is 17.6 Å². The van der Waals surface area contributed by atoms with Crippen molar-refractivity contribution in [2.75, 3.05) is 7.05 Å². The van der Waals surface area contributed by atoms with Crippen LogP contribution < -0.4 is 0 Å². The van der Waals surface area contributed by atoms with Crippen molar-refractivity contribution in [3.8, 4) is 0 Å². The zero-order valence-corrected chi connectivity index (χ0v) is 14.3. The molecule has 26 heavy (non-hydrogen) atoms. The molecule has 0 unspecified atom stereocenters. The van der Waals surface area contributed by atoms with E-state index < -0.39 is 11.7 Å². The van der Waals surface area contributed by atoms with Gasteiger partial charge in [0, 0.05) is 25.7 Å². The monoisotopic (exact) mass is 362 g/mol. The van der Waals surface area contributed by atoms with Crippen LogP contribution in [0.1, 0.15) is 28.4 Å². The summed E-state index contributed by atoms with van der Waals surface area (Å²) in [4.78, 5) is 13.9. The summed E-state index contributed by atoms with van der Waals surface area (Å²) in [5.41, 5.74) is 1.04. The first-order valence-electron chi connectivity index (χ1n) is 8.05. The number of alkyl halides is 3. The topological polar surface area (TPSA) is 51.0 Å². The van der Waals surface area contributed by atoms with Crippen LogP contribution in [-0.2, 0) is 19.3 Å². The third-order valence-electron chi connectivity index (χ3n) is 4.14. The fourth-order valence-electron chi connectivity index (χ4n) is 2.82. The lowest BCUT2D eigenvalue weighted by Crippen LogP contribution is -2.27. The highest BCUT2D eigenvalue weighted by Gasteiger charge is 2.33. The average Bonchev–Trinajstić information content (AvgIpc) is 3.02. The van der Waals surface area contributed by atoms with Gasteiger partial charge in [-0.15, -0.1) is 5.10 Å². The second-order valence-corrected chi connectivity index (χ2v) is 5.92. The molecule has 1 heterocycles. The quantitative estimate of drug-likeness (QED) is 0.710. The van der Waals surface area contributed by atoms with E-state index in [1.807, 2.05) is 6.92 Å². The van der Waals surface area contributed by atoms with Gasteiger partial charge in [-0.1, -0.05) is 23.4 Å². The summed E-state index contributed by atoms with van der Waals surface area (Å²) >= 11 is 0. The summed E-state index contributed by atoms with van der Waals surface area (Å²) in [6.07, 6.45) is -4.46. The van der Waals surface area contributed by atoms with Crippen molar-refractivity contribution in [3.63, 3.8) is 0 Å². The number of hydrogen-bond acceptors (Lipinski definition) is 3. The molecule has 1 amide bonds. The minimum absolute atomic E-state index is 0.0499. The molecular formula is C18H17F3N4O. The van der Waals surface area contributed by atoms with E-state index in [-0.39, 0.29) is 18.0 Å². The Balaban J connectivity index is 1.85. The molecule has 8 heteroatoms. The first-order valence-corrected chi connectivity index (χ1v) is 8.05. The van der Waals surface area contributed by atoms with E-state index >= 15 is 0 Å². The van der Waals surface area contributed by atoms with Gasteiger partial charge in [0.15, 0.2) is 0 Å². The number of halogens is 3. The summed E-state index contributed by atoms with van der Waals surface area (Å²) in [5.74, 6) is -0.380. The van der Waals surface area contributed by atoms with Crippen LogP contribution in [0.2, 0.25) is 0 Å². The Morgan fingerprint density at radius 3 is 2.62 bits per heavy atom. The summed E-state index contributed by atoms with van der Waals surface area (Å²) in [5, 5.41) is 8.00. The van der Waals surface area contributed by atoms with Gasteiger partial charge in [-0.2, -0.15) is 13.2 Å². The standard InChI is InChI=1S/C18H17F3N4O/c1-3-25-16-9-8-12(10-15(16)22-23-25)17(26)24(2)11-13-6-4-5-7-14(13)18(19,20)21/h4-10H,3,11H2,1-2H3. The molecule has 3 aromatic rings. The molecule has 0 N–H and O–H groups in total. The van der Waals surface area contributed by atoms with Crippen molar-refractivity contribution in [1.82, 2.24) is 19.9 Å². The number of aromatic nitrogens is 3. The fourth-order valence-corrected chi connectivity index (χ4v) is 2.82.